The van der Waals surface area contributed by atoms with Crippen LogP contribution in [0.1, 0.15) is 31.0 Å². The van der Waals surface area contributed by atoms with Crippen molar-refractivity contribution < 1.29 is 8.78 Å². The molecule has 3 aromatic rings. The van der Waals surface area contributed by atoms with Gasteiger partial charge in [-0.3, -0.25) is 9.69 Å². The summed E-state index contributed by atoms with van der Waals surface area (Å²) >= 11 is 0. The molecule has 2 atom stereocenters. The van der Waals surface area contributed by atoms with Crippen molar-refractivity contribution in [1.82, 2.24) is 24.8 Å². The van der Waals surface area contributed by atoms with Crippen molar-refractivity contribution in [3.05, 3.63) is 58.4 Å². The van der Waals surface area contributed by atoms with Crippen LogP contribution in [-0.4, -0.2) is 57.1 Å². The average molecular weight is 412 g/mol. The third-order valence-corrected chi connectivity index (χ3v) is 6.20. The van der Waals surface area contributed by atoms with Gasteiger partial charge in [0.25, 0.3) is 5.56 Å². The maximum absolute atomic E-state index is 13.4. The Balaban J connectivity index is 1.24. The molecular formula is C21H22F2N6O. The van der Waals surface area contributed by atoms with E-state index in [4.69, 9.17) is 0 Å². The SMILES string of the molecule is O=c1[nH]c([C@@H]2CC[C@@H](N3CCN(c4ncc(F)cn4)CC3)C2)nc2ccc(F)cc12. The van der Waals surface area contributed by atoms with Gasteiger partial charge in [-0.1, -0.05) is 0 Å². The number of hydrogen-bond acceptors (Lipinski definition) is 6. The van der Waals surface area contributed by atoms with E-state index in [1.165, 1.54) is 24.5 Å². The van der Waals surface area contributed by atoms with E-state index in [0.717, 1.165) is 45.4 Å². The molecule has 0 unspecified atom stereocenters. The molecule has 7 nitrogen and oxygen atoms in total. The fraction of sp³-hybridized carbons (Fsp3) is 0.429. The van der Waals surface area contributed by atoms with Crippen molar-refractivity contribution in [3.8, 4) is 0 Å². The lowest BCUT2D eigenvalue weighted by Crippen LogP contribution is -2.50. The predicted molar refractivity (Wildman–Crippen MR) is 108 cm³/mol. The molecule has 2 aliphatic rings. The minimum Gasteiger partial charge on any atom is -0.338 e. The monoisotopic (exact) mass is 412 g/mol. The van der Waals surface area contributed by atoms with Crippen LogP contribution in [0.4, 0.5) is 14.7 Å². The van der Waals surface area contributed by atoms with Crippen LogP contribution in [0.3, 0.4) is 0 Å². The number of halogens is 2. The fourth-order valence-electron chi connectivity index (χ4n) is 4.62. The Hall–Kier alpha value is -2.94. The van der Waals surface area contributed by atoms with Gasteiger partial charge in [-0.05, 0) is 37.5 Å². The van der Waals surface area contributed by atoms with Gasteiger partial charge in [-0.15, -0.1) is 0 Å². The van der Waals surface area contributed by atoms with E-state index < -0.39 is 11.6 Å². The Morgan fingerprint density at radius 1 is 1.00 bits per heavy atom. The first-order valence-electron chi connectivity index (χ1n) is 10.2. The minimum atomic E-state index is -0.436. The summed E-state index contributed by atoms with van der Waals surface area (Å²) in [6.07, 6.45) is 5.33. The van der Waals surface area contributed by atoms with Gasteiger partial charge >= 0.3 is 0 Å². The van der Waals surface area contributed by atoms with E-state index in [9.17, 15) is 13.6 Å². The first-order valence-corrected chi connectivity index (χ1v) is 10.2. The van der Waals surface area contributed by atoms with Gasteiger partial charge in [-0.25, -0.2) is 23.7 Å². The van der Waals surface area contributed by atoms with Crippen molar-refractivity contribution in [2.24, 2.45) is 0 Å². The summed E-state index contributed by atoms with van der Waals surface area (Å²) < 4.78 is 26.4. The molecule has 1 saturated carbocycles. The second kappa shape index (κ2) is 7.71. The van der Waals surface area contributed by atoms with Crippen LogP contribution in [0.25, 0.3) is 10.9 Å². The molecule has 0 bridgehead atoms. The van der Waals surface area contributed by atoms with Crippen molar-refractivity contribution in [2.45, 2.75) is 31.2 Å². The van der Waals surface area contributed by atoms with Crippen LogP contribution in [0.5, 0.6) is 0 Å². The van der Waals surface area contributed by atoms with Gasteiger partial charge in [0.2, 0.25) is 5.95 Å². The van der Waals surface area contributed by atoms with Crippen LogP contribution < -0.4 is 10.5 Å². The number of benzene rings is 1. The number of aromatic nitrogens is 4. The van der Waals surface area contributed by atoms with Gasteiger partial charge in [0.15, 0.2) is 5.82 Å². The maximum Gasteiger partial charge on any atom is 0.258 e. The standard InChI is InChI=1S/C21H22F2N6O/c22-14-2-4-18-17(10-14)20(30)27-19(26-18)13-1-3-16(9-13)28-5-7-29(8-6-28)21-24-11-15(23)12-25-21/h2,4,10-13,16H,1,3,5-9H2,(H,26,27,30)/t13-,16-/m1/s1. The van der Waals surface area contributed by atoms with Crippen LogP contribution in [0.15, 0.2) is 35.4 Å². The highest BCUT2D eigenvalue weighted by Crippen LogP contribution is 2.36. The molecule has 156 valence electrons. The van der Waals surface area contributed by atoms with Gasteiger partial charge in [0.05, 0.1) is 23.3 Å². The average Bonchev–Trinajstić information content (AvgIpc) is 3.25. The first-order chi connectivity index (χ1) is 14.6. The summed E-state index contributed by atoms with van der Waals surface area (Å²) in [5, 5.41) is 0.285. The molecule has 3 heterocycles. The molecule has 2 fully saturated rings. The summed E-state index contributed by atoms with van der Waals surface area (Å²) in [6.45, 7) is 3.37. The number of aromatic amines is 1. The molecule has 1 saturated heterocycles. The first kappa shape index (κ1) is 19.0. The van der Waals surface area contributed by atoms with Gasteiger partial charge in [0.1, 0.15) is 11.6 Å². The van der Waals surface area contributed by atoms with Crippen molar-refractivity contribution in [2.75, 3.05) is 31.1 Å². The second-order valence-electron chi connectivity index (χ2n) is 8.00. The Morgan fingerprint density at radius 2 is 1.77 bits per heavy atom. The van der Waals surface area contributed by atoms with Crippen molar-refractivity contribution in [1.29, 1.82) is 0 Å². The van der Waals surface area contributed by atoms with Crippen LogP contribution in [0.2, 0.25) is 0 Å². The predicted octanol–water partition coefficient (Wildman–Crippen LogP) is 2.45. The lowest BCUT2D eigenvalue weighted by Gasteiger charge is -2.38. The molecule has 0 amide bonds. The molecule has 30 heavy (non-hydrogen) atoms. The third kappa shape index (κ3) is 3.65. The number of nitrogens with zero attached hydrogens (tertiary/aromatic N) is 5. The molecule has 0 radical (unpaired) electrons. The van der Waals surface area contributed by atoms with E-state index >= 15 is 0 Å². The molecule has 9 heteroatoms. The second-order valence-corrected chi connectivity index (χ2v) is 8.00. The highest BCUT2D eigenvalue weighted by atomic mass is 19.1. The normalized spacial score (nSPS) is 22.7. The number of anilines is 1. The number of rotatable bonds is 3. The Bertz CT molecular complexity index is 1110. The molecule has 1 N–H and O–H groups in total. The zero-order chi connectivity index (χ0) is 20.7. The van der Waals surface area contributed by atoms with Gasteiger partial charge in [0, 0.05) is 38.1 Å². The number of fused-ring (bicyclic) bond motifs is 1. The van der Waals surface area contributed by atoms with Crippen LogP contribution >= 0.6 is 0 Å². The molecule has 0 spiro atoms. The van der Waals surface area contributed by atoms with Crippen molar-refractivity contribution >= 4 is 16.9 Å². The zero-order valence-corrected chi connectivity index (χ0v) is 16.4. The smallest absolute Gasteiger partial charge is 0.258 e. The number of hydrogen-bond donors (Lipinski definition) is 1. The van der Waals surface area contributed by atoms with Crippen LogP contribution in [-0.2, 0) is 0 Å². The molecule has 2 aromatic heterocycles. The number of H-pyrrole nitrogens is 1. The Morgan fingerprint density at radius 3 is 2.53 bits per heavy atom. The Labute approximate surface area is 171 Å². The summed E-state index contributed by atoms with van der Waals surface area (Å²) in [5.74, 6) is 0.582. The van der Waals surface area contributed by atoms with Gasteiger partial charge in [-0.2, -0.15) is 0 Å². The van der Waals surface area contributed by atoms with E-state index in [-0.39, 0.29) is 16.9 Å². The number of piperazine rings is 1. The largest absolute Gasteiger partial charge is 0.338 e. The lowest BCUT2D eigenvalue weighted by molar-refractivity contribution is 0.185. The molecule has 5 rings (SSSR count). The summed E-state index contributed by atoms with van der Waals surface area (Å²) in [7, 11) is 0. The maximum atomic E-state index is 13.4. The van der Waals surface area contributed by atoms with Gasteiger partial charge < -0.3 is 9.88 Å². The van der Waals surface area contributed by atoms with E-state index in [1.54, 1.807) is 6.07 Å². The summed E-state index contributed by atoms with van der Waals surface area (Å²) in [5.41, 5.74) is 0.248. The minimum absolute atomic E-state index is 0.190. The molecule has 1 aliphatic heterocycles. The highest BCUT2D eigenvalue weighted by Gasteiger charge is 2.33. The van der Waals surface area contributed by atoms with E-state index in [1.807, 2.05) is 0 Å². The van der Waals surface area contributed by atoms with Crippen molar-refractivity contribution in [3.63, 3.8) is 0 Å². The fourth-order valence-corrected chi connectivity index (χ4v) is 4.62. The van der Waals surface area contributed by atoms with Crippen LogP contribution in [0, 0.1) is 11.6 Å². The third-order valence-electron chi connectivity index (χ3n) is 6.20. The number of nitrogens with one attached hydrogen (secondary N) is 1. The summed E-state index contributed by atoms with van der Waals surface area (Å²) in [4.78, 5) is 32.5. The quantitative estimate of drug-likeness (QED) is 0.712. The summed E-state index contributed by atoms with van der Waals surface area (Å²) in [6, 6.07) is 4.56. The highest BCUT2D eigenvalue weighted by molar-refractivity contribution is 5.77. The lowest BCUT2D eigenvalue weighted by atomic mass is 10.1. The Kier molecular flexibility index (Phi) is 4.90. The molecule has 1 aliphatic carbocycles. The van der Waals surface area contributed by atoms with E-state index in [2.05, 4.69) is 29.7 Å². The van der Waals surface area contributed by atoms with E-state index in [0.29, 0.717) is 23.3 Å². The zero-order valence-electron chi connectivity index (χ0n) is 16.4. The topological polar surface area (TPSA) is 78.0 Å². The molecule has 1 aromatic carbocycles. The molecular weight excluding hydrogens is 390 g/mol.